The minimum absolute atomic E-state index is 0. The van der Waals surface area contributed by atoms with Crippen LogP contribution in [0.5, 0.6) is 0 Å². The third kappa shape index (κ3) is 6.13. The first-order valence-electron chi connectivity index (χ1n) is 8.10. The molecule has 0 bridgehead atoms. The van der Waals surface area contributed by atoms with E-state index in [0.29, 0.717) is 16.8 Å². The van der Waals surface area contributed by atoms with E-state index in [-0.39, 0.29) is 44.1 Å². The van der Waals surface area contributed by atoms with Gasteiger partial charge in [0.25, 0.3) is 13.5 Å². The van der Waals surface area contributed by atoms with Gasteiger partial charge in [-0.05, 0) is 12.1 Å². The molecule has 0 saturated heterocycles. The van der Waals surface area contributed by atoms with Crippen LogP contribution in [0.15, 0.2) is 84.4 Å². The van der Waals surface area contributed by atoms with Crippen LogP contribution in [0.3, 0.4) is 0 Å². The van der Waals surface area contributed by atoms with Crippen LogP contribution in [0.1, 0.15) is 21.6 Å². The van der Waals surface area contributed by atoms with E-state index < -0.39 is 0 Å². The van der Waals surface area contributed by atoms with Crippen LogP contribution in [0.2, 0.25) is 0 Å². The van der Waals surface area contributed by atoms with Crippen molar-refractivity contribution < 1.29 is 48.7 Å². The average Bonchev–Trinajstić information content (AvgIpc) is 2.70. The number of rotatable bonds is 7. The molecule has 3 aromatic rings. The summed E-state index contributed by atoms with van der Waals surface area (Å²) in [5.74, 6) is -0.0289. The fraction of sp³-hybridized carbons (Fsp3) is 0.100. The standard InChI is InChI=1S/C20H18N3O3.2ClH/c24-20(17-7-2-1-3-8-17)18-9-6-11-22(14-18)15-26-16-23-12-5-4-10-19(23)13-21-25;;/h1-14H,15-16H2;2*1H/q+1;;/p-1. The van der Waals surface area contributed by atoms with Crippen molar-refractivity contribution in [3.05, 3.63) is 96.1 Å². The Hall–Kier alpha value is -2.80. The Kier molecular flexibility index (Phi) is 9.81. The number of carbonyl (C=O) groups excluding carboxylic acids is 1. The average molecular weight is 420 g/mol. The molecule has 0 radical (unpaired) electrons. The number of benzene rings is 1. The van der Waals surface area contributed by atoms with Crippen molar-refractivity contribution in [1.82, 2.24) is 0 Å². The van der Waals surface area contributed by atoms with Gasteiger partial charge in [0.15, 0.2) is 24.4 Å². The number of ketones is 1. The van der Waals surface area contributed by atoms with Crippen molar-refractivity contribution >= 4 is 12.0 Å². The van der Waals surface area contributed by atoms with E-state index in [9.17, 15) is 4.79 Å². The zero-order valence-corrected chi connectivity index (χ0v) is 16.4. The largest absolute Gasteiger partial charge is 1.00 e. The molecular weight excluding hydrogens is 401 g/mol. The summed E-state index contributed by atoms with van der Waals surface area (Å²) in [6.45, 7) is 0.569. The van der Waals surface area contributed by atoms with Crippen molar-refractivity contribution in [1.29, 1.82) is 0 Å². The Bertz CT molecular complexity index is 921. The maximum absolute atomic E-state index is 12.5. The van der Waals surface area contributed by atoms with Gasteiger partial charge in [-0.1, -0.05) is 35.5 Å². The summed E-state index contributed by atoms with van der Waals surface area (Å²) in [7, 11) is 0. The second kappa shape index (κ2) is 11.8. The fourth-order valence-electron chi connectivity index (χ4n) is 2.52. The lowest BCUT2D eigenvalue weighted by Crippen LogP contribution is -3.00. The van der Waals surface area contributed by atoms with E-state index in [0.717, 1.165) is 0 Å². The van der Waals surface area contributed by atoms with Crippen LogP contribution in [0, 0.1) is 0 Å². The first kappa shape index (κ1) is 23.2. The summed E-state index contributed by atoms with van der Waals surface area (Å²) in [6, 6.07) is 18.3. The van der Waals surface area contributed by atoms with E-state index in [1.165, 1.54) is 6.21 Å². The van der Waals surface area contributed by atoms with Crippen LogP contribution in [-0.4, -0.2) is 17.2 Å². The lowest BCUT2D eigenvalue weighted by Gasteiger charge is -2.02. The number of aromatic nitrogens is 2. The van der Waals surface area contributed by atoms with E-state index in [2.05, 4.69) is 5.16 Å². The van der Waals surface area contributed by atoms with Crippen LogP contribution in [0.25, 0.3) is 0 Å². The number of ether oxygens (including phenoxy) is 1. The van der Waals surface area contributed by atoms with Gasteiger partial charge < -0.3 is 30.0 Å². The van der Waals surface area contributed by atoms with Crippen molar-refractivity contribution in [2.45, 2.75) is 13.5 Å². The van der Waals surface area contributed by atoms with Gasteiger partial charge in [-0.25, -0.2) is 0 Å². The molecule has 0 saturated carbocycles. The predicted molar refractivity (Wildman–Crippen MR) is 93.6 cm³/mol. The summed E-state index contributed by atoms with van der Waals surface area (Å²) in [5.41, 5.74) is 1.97. The van der Waals surface area contributed by atoms with Gasteiger partial charge in [-0.3, -0.25) is 9.53 Å². The van der Waals surface area contributed by atoms with Gasteiger partial charge in [0.1, 0.15) is 6.21 Å². The molecule has 8 heteroatoms. The molecule has 2 heterocycles. The van der Waals surface area contributed by atoms with Gasteiger partial charge in [-0.15, -0.1) is 0 Å². The van der Waals surface area contributed by atoms with Crippen LogP contribution in [0.4, 0.5) is 0 Å². The van der Waals surface area contributed by atoms with Gasteiger partial charge in [-0.2, -0.15) is 9.13 Å². The number of hydrogen-bond acceptors (Lipinski definition) is 4. The summed E-state index contributed by atoms with van der Waals surface area (Å²) in [5, 5.41) is 11.8. The molecule has 0 spiro atoms. The molecule has 146 valence electrons. The van der Waals surface area contributed by atoms with Crippen molar-refractivity contribution in [3.63, 3.8) is 0 Å². The van der Waals surface area contributed by atoms with Crippen LogP contribution < -0.4 is 33.9 Å². The Balaban J connectivity index is 0.00000196. The fourth-order valence-corrected chi connectivity index (χ4v) is 2.52. The molecule has 1 aromatic carbocycles. The minimum Gasteiger partial charge on any atom is -1.00 e. The molecule has 0 atom stereocenters. The van der Waals surface area contributed by atoms with Crippen LogP contribution >= 0.6 is 0 Å². The summed E-state index contributed by atoms with van der Waals surface area (Å²) in [6.07, 6.45) is 6.78. The molecule has 0 aliphatic heterocycles. The highest BCUT2D eigenvalue weighted by molar-refractivity contribution is 6.08. The number of carbonyl (C=O) groups is 1. The molecule has 6 nitrogen and oxygen atoms in total. The molecule has 0 fully saturated rings. The molecular formula is C20H19Cl2N3O3. The Labute approximate surface area is 175 Å². The van der Waals surface area contributed by atoms with E-state index in [4.69, 9.17) is 9.94 Å². The number of halogens is 2. The predicted octanol–water partition coefficient (Wildman–Crippen LogP) is -4.06. The third-order valence-electron chi connectivity index (χ3n) is 3.79. The molecule has 0 amide bonds. The summed E-state index contributed by atoms with van der Waals surface area (Å²) >= 11 is 0. The van der Waals surface area contributed by atoms with E-state index in [1.807, 2.05) is 54.9 Å². The monoisotopic (exact) mass is 419 g/mol. The lowest BCUT2D eigenvalue weighted by molar-refractivity contribution is -0.788. The summed E-state index contributed by atoms with van der Waals surface area (Å²) < 4.78 is 9.31. The second-order valence-corrected chi connectivity index (χ2v) is 5.60. The number of pyridine rings is 2. The van der Waals surface area contributed by atoms with Gasteiger partial charge in [0.05, 0.1) is 5.56 Å². The highest BCUT2D eigenvalue weighted by Crippen LogP contribution is 2.07. The smallest absolute Gasteiger partial charge is 0.258 e. The molecule has 2 aromatic heterocycles. The molecule has 3 rings (SSSR count). The SMILES string of the molecule is O=C(c1ccccc1)c1ccc[n+](COC[n+]2ccccc2C=NO)c1.[Cl-].[Cl-]. The normalized spacial score (nSPS) is 10.1. The maximum Gasteiger partial charge on any atom is 0.258 e. The maximum atomic E-state index is 12.5. The van der Waals surface area contributed by atoms with E-state index >= 15 is 0 Å². The number of oxime groups is 1. The third-order valence-corrected chi connectivity index (χ3v) is 3.79. The first-order valence-corrected chi connectivity index (χ1v) is 8.10. The lowest BCUT2D eigenvalue weighted by atomic mass is 10.1. The summed E-state index contributed by atoms with van der Waals surface area (Å²) in [4.78, 5) is 12.5. The van der Waals surface area contributed by atoms with Crippen molar-refractivity contribution in [3.8, 4) is 0 Å². The molecule has 28 heavy (non-hydrogen) atoms. The molecule has 0 unspecified atom stereocenters. The van der Waals surface area contributed by atoms with Gasteiger partial charge in [0.2, 0.25) is 5.69 Å². The number of nitrogens with zero attached hydrogens (tertiary/aromatic N) is 3. The molecule has 0 aliphatic carbocycles. The molecule has 0 aliphatic rings. The second-order valence-electron chi connectivity index (χ2n) is 5.60. The number of hydrogen-bond donors (Lipinski definition) is 1. The highest BCUT2D eigenvalue weighted by atomic mass is 35.5. The van der Waals surface area contributed by atoms with Gasteiger partial charge >= 0.3 is 0 Å². The first-order chi connectivity index (χ1) is 12.8. The zero-order valence-electron chi connectivity index (χ0n) is 14.9. The van der Waals surface area contributed by atoms with Crippen molar-refractivity contribution in [2.24, 2.45) is 5.16 Å². The van der Waals surface area contributed by atoms with Gasteiger partial charge in [0, 0.05) is 23.8 Å². The zero-order chi connectivity index (χ0) is 18.2. The van der Waals surface area contributed by atoms with Crippen LogP contribution in [-0.2, 0) is 18.2 Å². The topological polar surface area (TPSA) is 66.7 Å². The highest BCUT2D eigenvalue weighted by Gasteiger charge is 2.14. The Morgan fingerprint density at radius 3 is 2.39 bits per heavy atom. The Morgan fingerprint density at radius 1 is 0.929 bits per heavy atom. The quantitative estimate of drug-likeness (QED) is 0.139. The Morgan fingerprint density at radius 2 is 1.64 bits per heavy atom. The van der Waals surface area contributed by atoms with Crippen molar-refractivity contribution in [2.75, 3.05) is 0 Å². The molecule has 1 N–H and O–H groups in total. The minimum atomic E-state index is -0.0289. The van der Waals surface area contributed by atoms with E-state index in [1.54, 1.807) is 33.5 Å².